The summed E-state index contributed by atoms with van der Waals surface area (Å²) in [5.74, 6) is -3.83. The number of esters is 1. The van der Waals surface area contributed by atoms with E-state index in [9.17, 15) is 13.6 Å². The summed E-state index contributed by atoms with van der Waals surface area (Å²) in [5, 5.41) is 8.53. The van der Waals surface area contributed by atoms with E-state index in [2.05, 4.69) is 0 Å². The molecule has 1 aromatic rings. The SMILES string of the molecule is CC(=O)Oc1cccc([C@@H](N)C(F)(F)CO)c1.Cl. The third kappa shape index (κ3) is 4.21. The van der Waals surface area contributed by atoms with Crippen LogP contribution in [-0.4, -0.2) is 23.6 Å². The van der Waals surface area contributed by atoms with Crippen LogP contribution in [0.2, 0.25) is 0 Å². The van der Waals surface area contributed by atoms with Crippen molar-refractivity contribution in [3.8, 4) is 5.75 Å². The van der Waals surface area contributed by atoms with E-state index < -0.39 is 24.5 Å². The maximum Gasteiger partial charge on any atom is 0.308 e. The molecule has 0 amide bonds. The van der Waals surface area contributed by atoms with Gasteiger partial charge in [-0.05, 0) is 17.7 Å². The van der Waals surface area contributed by atoms with Gasteiger partial charge in [-0.3, -0.25) is 4.79 Å². The van der Waals surface area contributed by atoms with Gasteiger partial charge in [0, 0.05) is 6.92 Å². The smallest absolute Gasteiger partial charge is 0.308 e. The van der Waals surface area contributed by atoms with Gasteiger partial charge in [0.15, 0.2) is 0 Å². The minimum absolute atomic E-state index is 0. The molecule has 0 saturated heterocycles. The second kappa shape index (κ2) is 6.63. The molecule has 0 spiro atoms. The minimum atomic E-state index is -3.42. The van der Waals surface area contributed by atoms with Crippen molar-refractivity contribution >= 4 is 18.4 Å². The number of aliphatic hydroxyl groups is 1. The first-order chi connectivity index (χ1) is 7.86. The highest BCUT2D eigenvalue weighted by atomic mass is 35.5. The maximum atomic E-state index is 13.1. The molecule has 0 aliphatic rings. The number of aliphatic hydroxyl groups excluding tert-OH is 1. The molecule has 0 aromatic heterocycles. The van der Waals surface area contributed by atoms with Gasteiger partial charge < -0.3 is 15.6 Å². The molecule has 4 nitrogen and oxygen atoms in total. The number of nitrogens with two attached hydrogens (primary N) is 1. The quantitative estimate of drug-likeness (QED) is 0.650. The molecule has 0 aliphatic heterocycles. The summed E-state index contributed by atoms with van der Waals surface area (Å²) in [5.41, 5.74) is 5.42. The van der Waals surface area contributed by atoms with E-state index >= 15 is 0 Å². The fourth-order valence-corrected chi connectivity index (χ4v) is 1.28. The largest absolute Gasteiger partial charge is 0.427 e. The van der Waals surface area contributed by atoms with E-state index in [1.165, 1.54) is 31.2 Å². The topological polar surface area (TPSA) is 72.5 Å². The molecule has 7 heteroatoms. The zero-order valence-corrected chi connectivity index (χ0v) is 10.4. The predicted octanol–water partition coefficient (Wildman–Crippen LogP) is 1.66. The minimum Gasteiger partial charge on any atom is -0.427 e. The van der Waals surface area contributed by atoms with Gasteiger partial charge in [0.2, 0.25) is 0 Å². The van der Waals surface area contributed by atoms with Gasteiger partial charge in [0.1, 0.15) is 12.4 Å². The van der Waals surface area contributed by atoms with E-state index in [-0.39, 0.29) is 23.7 Å². The molecule has 102 valence electrons. The lowest BCUT2D eigenvalue weighted by Crippen LogP contribution is -2.36. The highest BCUT2D eigenvalue weighted by molar-refractivity contribution is 5.85. The van der Waals surface area contributed by atoms with Crippen LogP contribution in [0.5, 0.6) is 5.75 Å². The molecule has 0 saturated carbocycles. The summed E-state index contributed by atoms with van der Waals surface area (Å²) in [6.07, 6.45) is 0. The predicted molar refractivity (Wildman–Crippen MR) is 64.0 cm³/mol. The molecule has 0 aliphatic carbocycles. The number of rotatable bonds is 4. The summed E-state index contributed by atoms with van der Waals surface area (Å²) in [6, 6.07) is 3.87. The average molecular weight is 282 g/mol. The zero-order chi connectivity index (χ0) is 13.1. The molecule has 1 rings (SSSR count). The zero-order valence-electron chi connectivity index (χ0n) is 9.60. The average Bonchev–Trinajstić information content (AvgIpc) is 2.27. The third-order valence-corrected chi connectivity index (χ3v) is 2.14. The Bertz CT molecular complexity index is 415. The fraction of sp³-hybridized carbons (Fsp3) is 0.364. The molecule has 3 N–H and O–H groups in total. The van der Waals surface area contributed by atoms with Crippen molar-refractivity contribution in [2.45, 2.75) is 18.9 Å². The summed E-state index contributed by atoms with van der Waals surface area (Å²) in [7, 11) is 0. The molecular formula is C11H14ClF2NO3. The van der Waals surface area contributed by atoms with E-state index in [1.807, 2.05) is 0 Å². The van der Waals surface area contributed by atoms with Crippen LogP contribution in [0.15, 0.2) is 24.3 Å². The van der Waals surface area contributed by atoms with Gasteiger partial charge >= 0.3 is 5.97 Å². The van der Waals surface area contributed by atoms with Crippen molar-refractivity contribution in [2.24, 2.45) is 5.73 Å². The van der Waals surface area contributed by atoms with Crippen molar-refractivity contribution in [3.05, 3.63) is 29.8 Å². The number of benzene rings is 1. The van der Waals surface area contributed by atoms with Crippen LogP contribution in [0, 0.1) is 0 Å². The lowest BCUT2D eigenvalue weighted by molar-refractivity contribution is -0.131. The highest BCUT2D eigenvalue weighted by Crippen LogP contribution is 2.30. The Morgan fingerprint density at radius 2 is 2.17 bits per heavy atom. The van der Waals surface area contributed by atoms with Gasteiger partial charge in [-0.15, -0.1) is 12.4 Å². The number of carbonyl (C=O) groups is 1. The molecule has 0 fully saturated rings. The lowest BCUT2D eigenvalue weighted by atomic mass is 10.0. The first-order valence-electron chi connectivity index (χ1n) is 4.89. The molecule has 0 heterocycles. The van der Waals surface area contributed by atoms with Crippen LogP contribution < -0.4 is 10.5 Å². The number of alkyl halides is 2. The Morgan fingerprint density at radius 1 is 1.56 bits per heavy atom. The first-order valence-corrected chi connectivity index (χ1v) is 4.89. The van der Waals surface area contributed by atoms with Crippen LogP contribution >= 0.6 is 12.4 Å². The standard InChI is InChI=1S/C11H13F2NO3.ClH/c1-7(16)17-9-4-2-3-8(5-9)10(14)11(12,13)6-15;/h2-5,10,15H,6,14H2,1H3;1H/t10-;/m1./s1. The molecule has 0 unspecified atom stereocenters. The number of halogens is 3. The molecule has 1 atom stereocenters. The first kappa shape index (κ1) is 16.8. The summed E-state index contributed by atoms with van der Waals surface area (Å²) < 4.78 is 31.0. The van der Waals surface area contributed by atoms with Crippen LogP contribution in [-0.2, 0) is 4.79 Å². The summed E-state index contributed by atoms with van der Waals surface area (Å²) >= 11 is 0. The van der Waals surface area contributed by atoms with Gasteiger partial charge in [0.05, 0.1) is 6.04 Å². The molecule has 0 bridgehead atoms. The van der Waals surface area contributed by atoms with Crippen LogP contribution in [0.1, 0.15) is 18.5 Å². The Morgan fingerprint density at radius 3 is 2.67 bits per heavy atom. The lowest BCUT2D eigenvalue weighted by Gasteiger charge is -2.21. The van der Waals surface area contributed by atoms with Gasteiger partial charge in [-0.2, -0.15) is 0 Å². The number of hydrogen-bond donors (Lipinski definition) is 2. The number of ether oxygens (including phenoxy) is 1. The van der Waals surface area contributed by atoms with E-state index in [0.717, 1.165) is 0 Å². The van der Waals surface area contributed by atoms with Crippen molar-refractivity contribution in [2.75, 3.05) is 6.61 Å². The normalized spacial score (nSPS) is 12.5. The fourth-order valence-electron chi connectivity index (χ4n) is 1.28. The van der Waals surface area contributed by atoms with Gasteiger partial charge in [-0.25, -0.2) is 8.78 Å². The van der Waals surface area contributed by atoms with Crippen LogP contribution in [0.3, 0.4) is 0 Å². The van der Waals surface area contributed by atoms with E-state index in [0.29, 0.717) is 0 Å². The Labute approximate surface area is 109 Å². The third-order valence-electron chi connectivity index (χ3n) is 2.14. The molecular weight excluding hydrogens is 268 g/mol. The van der Waals surface area contributed by atoms with Crippen LogP contribution in [0.4, 0.5) is 8.78 Å². The van der Waals surface area contributed by atoms with Crippen molar-refractivity contribution in [1.82, 2.24) is 0 Å². The molecule has 0 radical (unpaired) electrons. The molecule has 18 heavy (non-hydrogen) atoms. The van der Waals surface area contributed by atoms with Crippen LogP contribution in [0.25, 0.3) is 0 Å². The van der Waals surface area contributed by atoms with Gasteiger partial charge in [0.25, 0.3) is 5.92 Å². The molecule has 1 aromatic carbocycles. The van der Waals surface area contributed by atoms with Gasteiger partial charge in [-0.1, -0.05) is 12.1 Å². The van der Waals surface area contributed by atoms with Crippen molar-refractivity contribution in [1.29, 1.82) is 0 Å². The number of carbonyl (C=O) groups excluding carboxylic acids is 1. The van der Waals surface area contributed by atoms with Crippen molar-refractivity contribution in [3.63, 3.8) is 0 Å². The Hall–Kier alpha value is -1.24. The highest BCUT2D eigenvalue weighted by Gasteiger charge is 2.37. The number of hydrogen-bond acceptors (Lipinski definition) is 4. The Balaban J connectivity index is 0.00000289. The second-order valence-electron chi connectivity index (χ2n) is 3.56. The summed E-state index contributed by atoms with van der Waals surface area (Å²) in [4.78, 5) is 10.7. The summed E-state index contributed by atoms with van der Waals surface area (Å²) in [6.45, 7) is -0.138. The van der Waals surface area contributed by atoms with Crippen molar-refractivity contribution < 1.29 is 23.4 Å². The van der Waals surface area contributed by atoms with E-state index in [1.54, 1.807) is 0 Å². The second-order valence-corrected chi connectivity index (χ2v) is 3.56. The Kier molecular flexibility index (Phi) is 6.17. The maximum absolute atomic E-state index is 13.1. The monoisotopic (exact) mass is 281 g/mol. The van der Waals surface area contributed by atoms with E-state index in [4.69, 9.17) is 15.6 Å².